The second-order valence-corrected chi connectivity index (χ2v) is 12.2. The first kappa shape index (κ1) is 25.7. The van der Waals surface area contributed by atoms with Crippen molar-refractivity contribution in [1.29, 1.82) is 0 Å². The molecule has 7 nitrogen and oxygen atoms in total. The van der Waals surface area contributed by atoms with E-state index in [1.54, 1.807) is 11.0 Å². The highest BCUT2D eigenvalue weighted by Gasteiger charge is 2.66. The molecule has 3 aromatic carbocycles. The van der Waals surface area contributed by atoms with Crippen molar-refractivity contribution in [1.82, 2.24) is 9.80 Å². The molecular weight excluding hydrogens is 504 g/mol. The van der Waals surface area contributed by atoms with Gasteiger partial charge in [0.1, 0.15) is 5.75 Å². The quantitative estimate of drug-likeness (QED) is 0.470. The van der Waals surface area contributed by atoms with Crippen molar-refractivity contribution in [2.75, 3.05) is 13.1 Å². The van der Waals surface area contributed by atoms with E-state index in [-0.39, 0.29) is 29.5 Å². The minimum atomic E-state index is -1.48. The Morgan fingerprint density at radius 2 is 1.60 bits per heavy atom. The van der Waals surface area contributed by atoms with E-state index < -0.39 is 29.6 Å². The first-order valence-corrected chi connectivity index (χ1v) is 14.6. The molecule has 4 aliphatic rings. The van der Waals surface area contributed by atoms with E-state index in [9.17, 15) is 19.8 Å². The van der Waals surface area contributed by atoms with Crippen molar-refractivity contribution in [3.05, 3.63) is 77.9 Å². The van der Waals surface area contributed by atoms with Gasteiger partial charge in [0, 0.05) is 42.9 Å². The number of benzene rings is 3. The number of ether oxygens (including phenoxy) is 1. The smallest absolute Gasteiger partial charge is 0.233 e. The Hall–Kier alpha value is -3.26. The predicted molar refractivity (Wildman–Crippen MR) is 150 cm³/mol. The third-order valence-corrected chi connectivity index (χ3v) is 10.0. The zero-order chi connectivity index (χ0) is 27.6. The number of piperidine rings is 1. The van der Waals surface area contributed by atoms with E-state index in [0.29, 0.717) is 12.8 Å². The van der Waals surface area contributed by atoms with Crippen molar-refractivity contribution in [2.45, 2.75) is 57.1 Å². The second-order valence-electron chi connectivity index (χ2n) is 12.2. The number of hydrogen-bond acceptors (Lipinski definition) is 6. The Kier molecular flexibility index (Phi) is 6.22. The Morgan fingerprint density at radius 3 is 2.35 bits per heavy atom. The molecule has 0 unspecified atom stereocenters. The monoisotopic (exact) mass is 540 g/mol. The van der Waals surface area contributed by atoms with Crippen LogP contribution >= 0.6 is 0 Å². The number of phenols is 1. The lowest BCUT2D eigenvalue weighted by Crippen LogP contribution is -2.52. The summed E-state index contributed by atoms with van der Waals surface area (Å²) in [6.07, 6.45) is 2.01. The van der Waals surface area contributed by atoms with E-state index in [0.717, 1.165) is 48.8 Å². The number of rotatable bonds is 4. The fourth-order valence-corrected chi connectivity index (χ4v) is 7.99. The van der Waals surface area contributed by atoms with Crippen LogP contribution in [0.4, 0.5) is 0 Å². The van der Waals surface area contributed by atoms with E-state index in [2.05, 4.69) is 29.2 Å². The molecule has 2 amide bonds. The maximum absolute atomic E-state index is 14.0. The molecule has 0 spiro atoms. The number of phenolic OH excluding ortho intramolecular Hbond substituents is 1. The highest BCUT2D eigenvalue weighted by atomic mass is 16.6. The molecule has 0 radical (unpaired) electrons. The summed E-state index contributed by atoms with van der Waals surface area (Å²) < 4.78 is 6.43. The summed E-state index contributed by atoms with van der Waals surface area (Å²) in [6, 6.07) is 21.4. The van der Waals surface area contributed by atoms with Crippen LogP contribution in [0.25, 0.3) is 10.8 Å². The van der Waals surface area contributed by atoms with Crippen LogP contribution in [0.3, 0.4) is 0 Å². The number of carbonyl (C=O) groups is 2. The number of amides is 2. The lowest BCUT2D eigenvalue weighted by Gasteiger charge is -2.43. The number of fused-ring (bicyclic) bond motifs is 4. The van der Waals surface area contributed by atoms with E-state index in [4.69, 9.17) is 4.74 Å². The van der Waals surface area contributed by atoms with Crippen molar-refractivity contribution < 1.29 is 24.5 Å². The third kappa shape index (κ3) is 3.98. The minimum absolute atomic E-state index is 0.0658. The van der Waals surface area contributed by atoms with Crippen LogP contribution in [0, 0.1) is 23.7 Å². The topological polar surface area (TPSA) is 90.3 Å². The molecular formula is C33H36N2O5. The largest absolute Gasteiger partial charge is 0.507 e. The standard InChI is InChI=1S/C33H36N2O5/c1-20-17-26-30(27-18-29(40-33(20,27)39)25-11-12-28(36)24-10-6-5-9-23(24)25)32(38)35(31(26)37)22-13-15-34(16-14-22)19-21-7-3-2-4-8-21/h2-12,20,22,26-27,29-30,36,39H,13-19H2,1H3/t20-,26-,27-,29-,30-,33+/m0/s1. The van der Waals surface area contributed by atoms with Gasteiger partial charge in [0.25, 0.3) is 0 Å². The molecule has 2 N–H and O–H groups in total. The average molecular weight is 541 g/mol. The van der Waals surface area contributed by atoms with Gasteiger partial charge in [0.2, 0.25) is 11.8 Å². The number of likely N-dealkylation sites (tertiary alicyclic amines) is 2. The lowest BCUT2D eigenvalue weighted by molar-refractivity contribution is -0.265. The fourth-order valence-electron chi connectivity index (χ4n) is 7.99. The molecule has 4 fully saturated rings. The van der Waals surface area contributed by atoms with Gasteiger partial charge in [-0.15, -0.1) is 0 Å². The van der Waals surface area contributed by atoms with Gasteiger partial charge in [0.15, 0.2) is 5.79 Å². The van der Waals surface area contributed by atoms with Gasteiger partial charge in [0.05, 0.1) is 17.9 Å². The normalized spacial score (nSPS) is 33.0. The molecule has 3 saturated heterocycles. The number of aromatic hydroxyl groups is 1. The molecule has 1 aliphatic carbocycles. The minimum Gasteiger partial charge on any atom is -0.507 e. The summed E-state index contributed by atoms with van der Waals surface area (Å²) in [5.74, 6) is -3.19. The predicted octanol–water partition coefficient (Wildman–Crippen LogP) is 4.62. The molecule has 6 atom stereocenters. The highest BCUT2D eigenvalue weighted by molar-refractivity contribution is 6.06. The van der Waals surface area contributed by atoms with Crippen molar-refractivity contribution >= 4 is 22.6 Å². The van der Waals surface area contributed by atoms with Crippen LogP contribution in [-0.4, -0.2) is 56.7 Å². The molecule has 1 saturated carbocycles. The number of imide groups is 1. The Bertz CT molecular complexity index is 1450. The van der Waals surface area contributed by atoms with Crippen LogP contribution < -0.4 is 0 Å². The van der Waals surface area contributed by atoms with Gasteiger partial charge < -0.3 is 14.9 Å². The van der Waals surface area contributed by atoms with Gasteiger partial charge >= 0.3 is 0 Å². The molecule has 3 aliphatic heterocycles. The Morgan fingerprint density at radius 1 is 0.900 bits per heavy atom. The molecule has 208 valence electrons. The highest BCUT2D eigenvalue weighted by Crippen LogP contribution is 2.59. The zero-order valence-corrected chi connectivity index (χ0v) is 22.8. The van der Waals surface area contributed by atoms with Crippen LogP contribution in [0.2, 0.25) is 0 Å². The van der Waals surface area contributed by atoms with Crippen molar-refractivity contribution in [2.24, 2.45) is 23.7 Å². The number of carbonyl (C=O) groups excluding carboxylic acids is 2. The molecule has 7 rings (SSSR count). The van der Waals surface area contributed by atoms with Gasteiger partial charge in [-0.05, 0) is 48.3 Å². The van der Waals surface area contributed by atoms with Crippen LogP contribution in [0.1, 0.15) is 49.8 Å². The lowest BCUT2D eigenvalue weighted by atomic mass is 9.65. The first-order chi connectivity index (χ1) is 19.3. The summed E-state index contributed by atoms with van der Waals surface area (Å²) in [6.45, 7) is 4.49. The van der Waals surface area contributed by atoms with E-state index >= 15 is 0 Å². The first-order valence-electron chi connectivity index (χ1n) is 14.6. The van der Waals surface area contributed by atoms with Gasteiger partial charge in [-0.2, -0.15) is 0 Å². The molecule has 0 aromatic heterocycles. The summed E-state index contributed by atoms with van der Waals surface area (Å²) in [7, 11) is 0. The third-order valence-electron chi connectivity index (χ3n) is 10.0. The van der Waals surface area contributed by atoms with Crippen molar-refractivity contribution in [3.63, 3.8) is 0 Å². The van der Waals surface area contributed by atoms with Crippen LogP contribution in [-0.2, 0) is 20.9 Å². The molecule has 0 bridgehead atoms. The summed E-state index contributed by atoms with van der Waals surface area (Å²) in [5, 5.41) is 23.9. The summed E-state index contributed by atoms with van der Waals surface area (Å²) in [5.41, 5.74) is 2.16. The maximum atomic E-state index is 14.0. The van der Waals surface area contributed by atoms with E-state index in [1.165, 1.54) is 5.56 Å². The van der Waals surface area contributed by atoms with Gasteiger partial charge in [-0.3, -0.25) is 19.4 Å². The van der Waals surface area contributed by atoms with Crippen LogP contribution in [0.15, 0.2) is 66.7 Å². The van der Waals surface area contributed by atoms with E-state index in [1.807, 2.05) is 43.3 Å². The number of aliphatic hydroxyl groups is 1. The summed E-state index contributed by atoms with van der Waals surface area (Å²) >= 11 is 0. The SMILES string of the molecule is C[C@H]1C[C@@H]2C(=O)N(C3CCN(Cc4ccccc4)CC3)C(=O)[C@@H]2[C@@H]2C[C@@H](c3ccc(O)c4ccccc34)O[C@]12O. The molecule has 3 aromatic rings. The van der Waals surface area contributed by atoms with Gasteiger partial charge in [-0.25, -0.2) is 0 Å². The Balaban J connectivity index is 1.12. The maximum Gasteiger partial charge on any atom is 0.233 e. The zero-order valence-electron chi connectivity index (χ0n) is 22.8. The fraction of sp³-hybridized carbons (Fsp3) is 0.455. The molecule has 3 heterocycles. The second kappa shape index (κ2) is 9.68. The number of nitrogens with zero attached hydrogens (tertiary/aromatic N) is 2. The van der Waals surface area contributed by atoms with Crippen molar-refractivity contribution in [3.8, 4) is 5.75 Å². The molecule has 7 heteroatoms. The molecule has 40 heavy (non-hydrogen) atoms. The number of hydrogen-bond donors (Lipinski definition) is 2. The average Bonchev–Trinajstić information content (AvgIpc) is 3.44. The van der Waals surface area contributed by atoms with Gasteiger partial charge in [-0.1, -0.05) is 67.6 Å². The van der Waals surface area contributed by atoms with Crippen LogP contribution in [0.5, 0.6) is 5.75 Å². The summed E-state index contributed by atoms with van der Waals surface area (Å²) in [4.78, 5) is 31.7. The Labute approximate surface area is 234 Å².